The number of hydrogen-bond donors (Lipinski definition) is 1. The lowest BCUT2D eigenvalue weighted by atomic mass is 10.2. The van der Waals surface area contributed by atoms with E-state index < -0.39 is 11.1 Å². The smallest absolute Gasteiger partial charge is 0.298 e. The van der Waals surface area contributed by atoms with E-state index in [1.54, 1.807) is 42.5 Å². The molecule has 0 spiro atoms. The Hall–Kier alpha value is -2.93. The number of ether oxygens (including phenoxy) is 2. The summed E-state index contributed by atoms with van der Waals surface area (Å²) < 4.78 is 10.2. The summed E-state index contributed by atoms with van der Waals surface area (Å²) in [6.45, 7) is 0. The van der Waals surface area contributed by atoms with Crippen LogP contribution >= 0.6 is 11.8 Å². The van der Waals surface area contributed by atoms with Gasteiger partial charge in [0.05, 0.1) is 24.8 Å². The van der Waals surface area contributed by atoms with Gasteiger partial charge in [-0.05, 0) is 47.7 Å². The van der Waals surface area contributed by atoms with Gasteiger partial charge in [-0.2, -0.15) is 0 Å². The summed E-state index contributed by atoms with van der Waals surface area (Å²) in [4.78, 5) is 26.3. The minimum Gasteiger partial charge on any atom is -0.504 e. The number of imide groups is 1. The van der Waals surface area contributed by atoms with E-state index in [0.717, 1.165) is 16.7 Å². The number of nitrogens with zero attached hydrogens (tertiary/aromatic N) is 1. The number of anilines is 1. The topological polar surface area (TPSA) is 76.1 Å². The molecule has 7 heteroatoms. The highest BCUT2D eigenvalue weighted by Gasteiger charge is 2.37. The van der Waals surface area contributed by atoms with Gasteiger partial charge in [-0.25, -0.2) is 4.90 Å². The number of amides is 2. The highest BCUT2D eigenvalue weighted by molar-refractivity contribution is 8.19. The van der Waals surface area contributed by atoms with Gasteiger partial charge in [0.1, 0.15) is 5.75 Å². The third-order valence-corrected chi connectivity index (χ3v) is 4.49. The Morgan fingerprint density at radius 2 is 1.76 bits per heavy atom. The SMILES string of the molecule is COc1ccc(/C=C2\SC(=O)N(c3ccccc3OC)C2=O)cc1O. The van der Waals surface area contributed by atoms with Gasteiger partial charge >= 0.3 is 0 Å². The third-order valence-electron chi connectivity index (χ3n) is 3.62. The van der Waals surface area contributed by atoms with E-state index in [9.17, 15) is 14.7 Å². The first-order chi connectivity index (χ1) is 12.0. The second kappa shape index (κ2) is 6.90. The van der Waals surface area contributed by atoms with Crippen LogP contribution in [0.1, 0.15) is 5.56 Å². The number of hydrogen-bond acceptors (Lipinski definition) is 6. The normalized spacial score (nSPS) is 15.8. The van der Waals surface area contributed by atoms with Gasteiger partial charge in [0.15, 0.2) is 11.5 Å². The number of aromatic hydroxyl groups is 1. The average molecular weight is 357 g/mol. The second-order valence-electron chi connectivity index (χ2n) is 5.12. The van der Waals surface area contributed by atoms with Crippen LogP contribution in [-0.2, 0) is 4.79 Å². The summed E-state index contributed by atoms with van der Waals surface area (Å²) in [5.74, 6) is 0.294. The summed E-state index contributed by atoms with van der Waals surface area (Å²) in [6, 6.07) is 11.6. The number of benzene rings is 2. The lowest BCUT2D eigenvalue weighted by Crippen LogP contribution is -2.28. The summed E-state index contributed by atoms with van der Waals surface area (Å²) in [6.07, 6.45) is 1.56. The standard InChI is InChI=1S/C18H15NO5S/c1-23-14-6-4-3-5-12(14)19-17(21)16(25-18(19)22)10-11-7-8-15(24-2)13(20)9-11/h3-10,20H,1-2H3/b16-10-. The Kier molecular flexibility index (Phi) is 4.67. The van der Waals surface area contributed by atoms with Gasteiger partial charge < -0.3 is 14.6 Å². The summed E-state index contributed by atoms with van der Waals surface area (Å²) in [5, 5.41) is 9.44. The predicted molar refractivity (Wildman–Crippen MR) is 96.1 cm³/mol. The van der Waals surface area contributed by atoms with Crippen LogP contribution in [0.2, 0.25) is 0 Å². The Bertz CT molecular complexity index is 878. The van der Waals surface area contributed by atoms with Crippen LogP contribution in [0.5, 0.6) is 17.2 Å². The third kappa shape index (κ3) is 3.18. The second-order valence-corrected chi connectivity index (χ2v) is 6.11. The zero-order valence-corrected chi connectivity index (χ0v) is 14.4. The highest BCUT2D eigenvalue weighted by atomic mass is 32.2. The Morgan fingerprint density at radius 3 is 2.44 bits per heavy atom. The first kappa shape index (κ1) is 16.9. The number of phenols is 1. The minimum absolute atomic E-state index is 0.0415. The number of phenolic OH excluding ortho intramolecular Hbond substituents is 1. The predicted octanol–water partition coefficient (Wildman–Crippen LogP) is 3.65. The van der Waals surface area contributed by atoms with Crippen LogP contribution in [0.15, 0.2) is 47.4 Å². The van der Waals surface area contributed by atoms with Crippen LogP contribution in [-0.4, -0.2) is 30.5 Å². The maximum absolute atomic E-state index is 12.7. The van der Waals surface area contributed by atoms with Gasteiger partial charge in [-0.15, -0.1) is 0 Å². The van der Waals surface area contributed by atoms with Crippen molar-refractivity contribution in [1.29, 1.82) is 0 Å². The number of methoxy groups -OCH3 is 2. The summed E-state index contributed by atoms with van der Waals surface area (Å²) in [7, 11) is 2.93. The lowest BCUT2D eigenvalue weighted by Gasteiger charge is -2.15. The number of thioether (sulfide) groups is 1. The molecule has 1 N–H and O–H groups in total. The van der Waals surface area contributed by atoms with Crippen LogP contribution in [0, 0.1) is 0 Å². The van der Waals surface area contributed by atoms with Crippen LogP contribution in [0.4, 0.5) is 10.5 Å². The Balaban J connectivity index is 1.95. The Labute approximate surface area is 148 Å². The first-order valence-corrected chi connectivity index (χ1v) is 8.14. The summed E-state index contributed by atoms with van der Waals surface area (Å²) in [5.41, 5.74) is 0.984. The molecule has 128 valence electrons. The molecule has 0 radical (unpaired) electrons. The van der Waals surface area contributed by atoms with Crippen molar-refractivity contribution in [2.75, 3.05) is 19.1 Å². The van der Waals surface area contributed by atoms with Gasteiger partial charge in [-0.1, -0.05) is 18.2 Å². The molecule has 1 heterocycles. The zero-order valence-electron chi connectivity index (χ0n) is 13.6. The van der Waals surface area contributed by atoms with Gasteiger partial charge in [0, 0.05) is 0 Å². The zero-order chi connectivity index (χ0) is 18.0. The number of carbonyl (C=O) groups is 2. The number of para-hydroxylation sites is 2. The van der Waals surface area contributed by atoms with E-state index in [1.165, 1.54) is 20.3 Å². The van der Waals surface area contributed by atoms with Crippen molar-refractivity contribution in [1.82, 2.24) is 0 Å². The van der Waals surface area contributed by atoms with Crippen molar-refractivity contribution in [3.63, 3.8) is 0 Å². The largest absolute Gasteiger partial charge is 0.504 e. The van der Waals surface area contributed by atoms with Crippen molar-refractivity contribution in [3.05, 3.63) is 52.9 Å². The fourth-order valence-corrected chi connectivity index (χ4v) is 3.27. The molecule has 2 aromatic carbocycles. The van der Waals surface area contributed by atoms with Gasteiger partial charge in [0.2, 0.25) is 0 Å². The molecular formula is C18H15NO5S. The Morgan fingerprint density at radius 1 is 1.04 bits per heavy atom. The van der Waals surface area contributed by atoms with Crippen molar-refractivity contribution >= 4 is 34.7 Å². The van der Waals surface area contributed by atoms with E-state index in [4.69, 9.17) is 9.47 Å². The maximum Gasteiger partial charge on any atom is 0.298 e. The lowest BCUT2D eigenvalue weighted by molar-refractivity contribution is -0.113. The number of carbonyl (C=O) groups excluding carboxylic acids is 2. The van der Waals surface area contributed by atoms with E-state index in [0.29, 0.717) is 22.7 Å². The van der Waals surface area contributed by atoms with Crippen LogP contribution in [0.3, 0.4) is 0 Å². The molecule has 6 nitrogen and oxygen atoms in total. The van der Waals surface area contributed by atoms with Gasteiger partial charge in [-0.3, -0.25) is 9.59 Å². The quantitative estimate of drug-likeness (QED) is 0.842. The molecule has 1 saturated heterocycles. The van der Waals surface area contributed by atoms with E-state index in [2.05, 4.69) is 0 Å². The molecule has 0 bridgehead atoms. The number of rotatable bonds is 4. The van der Waals surface area contributed by atoms with Crippen molar-refractivity contribution < 1.29 is 24.2 Å². The molecule has 0 saturated carbocycles. The molecule has 1 fully saturated rings. The summed E-state index contributed by atoms with van der Waals surface area (Å²) >= 11 is 0.837. The van der Waals surface area contributed by atoms with Crippen molar-refractivity contribution in [3.8, 4) is 17.2 Å². The van der Waals surface area contributed by atoms with Gasteiger partial charge in [0.25, 0.3) is 11.1 Å². The van der Waals surface area contributed by atoms with Crippen molar-refractivity contribution in [2.24, 2.45) is 0 Å². The van der Waals surface area contributed by atoms with Crippen molar-refractivity contribution in [2.45, 2.75) is 0 Å². The molecule has 0 unspecified atom stereocenters. The van der Waals surface area contributed by atoms with E-state index in [-0.39, 0.29) is 10.7 Å². The minimum atomic E-state index is -0.435. The molecular weight excluding hydrogens is 342 g/mol. The van der Waals surface area contributed by atoms with E-state index >= 15 is 0 Å². The highest BCUT2D eigenvalue weighted by Crippen LogP contribution is 2.39. The molecule has 1 aliphatic heterocycles. The molecule has 2 amide bonds. The fourth-order valence-electron chi connectivity index (χ4n) is 2.44. The molecule has 2 aromatic rings. The molecule has 3 rings (SSSR count). The monoisotopic (exact) mass is 357 g/mol. The average Bonchev–Trinajstić information content (AvgIpc) is 2.88. The molecule has 0 aromatic heterocycles. The van der Waals surface area contributed by atoms with Crippen LogP contribution < -0.4 is 14.4 Å². The first-order valence-electron chi connectivity index (χ1n) is 7.33. The molecule has 0 aliphatic carbocycles. The molecule has 0 atom stereocenters. The molecule has 1 aliphatic rings. The maximum atomic E-state index is 12.7. The fraction of sp³-hybridized carbons (Fsp3) is 0.111. The molecule has 25 heavy (non-hydrogen) atoms. The van der Waals surface area contributed by atoms with E-state index in [1.807, 2.05) is 0 Å². The van der Waals surface area contributed by atoms with Crippen LogP contribution in [0.25, 0.3) is 6.08 Å².